The number of methoxy groups -OCH3 is 2. The Labute approximate surface area is 169 Å². The Kier molecular flexibility index (Phi) is 7.06. The van der Waals surface area contributed by atoms with Gasteiger partial charge in [0.1, 0.15) is 10.8 Å². The van der Waals surface area contributed by atoms with Crippen molar-refractivity contribution in [1.82, 2.24) is 5.32 Å². The topological polar surface area (TPSA) is 76.7 Å². The van der Waals surface area contributed by atoms with Gasteiger partial charge in [0.15, 0.2) is 0 Å². The summed E-state index contributed by atoms with van der Waals surface area (Å²) in [6.45, 7) is 1.15. The van der Waals surface area contributed by atoms with Crippen LogP contribution in [0, 0.1) is 0 Å². The Bertz CT molecular complexity index is 830. The van der Waals surface area contributed by atoms with Gasteiger partial charge in [0.05, 0.1) is 12.7 Å². The lowest BCUT2D eigenvalue weighted by molar-refractivity contribution is 0.0948. The van der Waals surface area contributed by atoms with E-state index < -0.39 is 0 Å². The van der Waals surface area contributed by atoms with Gasteiger partial charge in [0.25, 0.3) is 11.8 Å². The van der Waals surface area contributed by atoms with Crippen molar-refractivity contribution in [1.29, 1.82) is 0 Å². The van der Waals surface area contributed by atoms with Gasteiger partial charge in [-0.05, 0) is 61.9 Å². The molecule has 28 heavy (non-hydrogen) atoms. The van der Waals surface area contributed by atoms with E-state index in [0.29, 0.717) is 35.0 Å². The van der Waals surface area contributed by atoms with Crippen molar-refractivity contribution >= 4 is 28.2 Å². The smallest absolute Gasteiger partial charge is 0.256 e. The summed E-state index contributed by atoms with van der Waals surface area (Å²) in [6, 6.07) is 6.92. The minimum atomic E-state index is -0.227. The first-order valence-corrected chi connectivity index (χ1v) is 10.3. The molecule has 150 valence electrons. The number of carbonyl (C=O) groups excluding carboxylic acids is 2. The van der Waals surface area contributed by atoms with Crippen LogP contribution in [0.15, 0.2) is 24.3 Å². The molecule has 1 aromatic carbocycles. The number of benzene rings is 1. The number of ether oxygens (including phenoxy) is 2. The van der Waals surface area contributed by atoms with Crippen molar-refractivity contribution in [3.8, 4) is 5.75 Å². The zero-order valence-electron chi connectivity index (χ0n) is 16.3. The average molecular weight is 403 g/mol. The molecule has 0 saturated heterocycles. The van der Waals surface area contributed by atoms with Crippen LogP contribution in [-0.2, 0) is 17.6 Å². The van der Waals surface area contributed by atoms with Gasteiger partial charge in [-0.1, -0.05) is 0 Å². The maximum atomic E-state index is 12.9. The van der Waals surface area contributed by atoms with E-state index in [1.54, 1.807) is 38.5 Å². The number of hydrogen-bond donors (Lipinski definition) is 2. The molecule has 0 fully saturated rings. The van der Waals surface area contributed by atoms with Gasteiger partial charge in [0.2, 0.25) is 0 Å². The first-order chi connectivity index (χ1) is 13.6. The third-order valence-corrected chi connectivity index (χ3v) is 6.00. The number of thiophene rings is 1. The summed E-state index contributed by atoms with van der Waals surface area (Å²) >= 11 is 1.52. The normalized spacial score (nSPS) is 12.9. The SMILES string of the molecule is COCCCNC(=O)c1c(NC(=O)c2ccc(OC)cc2)sc2c1CCCC2. The molecule has 7 heteroatoms. The third-order valence-electron chi connectivity index (χ3n) is 4.79. The molecule has 0 atom stereocenters. The van der Waals surface area contributed by atoms with Crippen molar-refractivity contribution in [2.45, 2.75) is 32.1 Å². The summed E-state index contributed by atoms with van der Waals surface area (Å²) in [5, 5.41) is 6.55. The van der Waals surface area contributed by atoms with Crippen molar-refractivity contribution in [2.24, 2.45) is 0 Å². The zero-order valence-corrected chi connectivity index (χ0v) is 17.1. The Morgan fingerprint density at radius 1 is 1.07 bits per heavy atom. The maximum Gasteiger partial charge on any atom is 0.256 e. The third kappa shape index (κ3) is 4.72. The molecule has 0 aliphatic heterocycles. The largest absolute Gasteiger partial charge is 0.497 e. The summed E-state index contributed by atoms with van der Waals surface area (Å²) < 4.78 is 10.2. The van der Waals surface area contributed by atoms with E-state index >= 15 is 0 Å². The second kappa shape index (κ2) is 9.71. The Hall–Kier alpha value is -2.38. The van der Waals surface area contributed by atoms with Crippen LogP contribution < -0.4 is 15.4 Å². The predicted molar refractivity (Wildman–Crippen MR) is 111 cm³/mol. The molecule has 2 N–H and O–H groups in total. The van der Waals surface area contributed by atoms with Gasteiger partial charge in [-0.3, -0.25) is 9.59 Å². The van der Waals surface area contributed by atoms with Gasteiger partial charge in [-0.15, -0.1) is 11.3 Å². The van der Waals surface area contributed by atoms with E-state index in [0.717, 1.165) is 37.7 Å². The number of carbonyl (C=O) groups is 2. The molecule has 6 nitrogen and oxygen atoms in total. The second-order valence-electron chi connectivity index (χ2n) is 6.70. The molecule has 1 aliphatic rings. The first kappa shape index (κ1) is 20.4. The molecule has 0 radical (unpaired) electrons. The summed E-state index contributed by atoms with van der Waals surface area (Å²) in [5.41, 5.74) is 2.24. The molecule has 3 rings (SSSR count). The summed E-state index contributed by atoms with van der Waals surface area (Å²) in [4.78, 5) is 26.8. The molecule has 0 bridgehead atoms. The number of hydrogen-bond acceptors (Lipinski definition) is 5. The highest BCUT2D eigenvalue weighted by Crippen LogP contribution is 2.38. The quantitative estimate of drug-likeness (QED) is 0.661. The molecule has 1 aromatic heterocycles. The number of aryl methyl sites for hydroxylation is 1. The van der Waals surface area contributed by atoms with Gasteiger partial charge in [-0.2, -0.15) is 0 Å². The average Bonchev–Trinajstić information content (AvgIpc) is 3.09. The fourth-order valence-electron chi connectivity index (χ4n) is 3.32. The standard InChI is InChI=1S/C21H26N2O4S/c1-26-13-5-12-22-20(25)18-16-6-3-4-7-17(16)28-21(18)23-19(24)14-8-10-15(27-2)11-9-14/h8-11H,3-7,12-13H2,1-2H3,(H,22,25)(H,23,24). The number of fused-ring (bicyclic) bond motifs is 1. The van der Waals surface area contributed by atoms with Crippen molar-refractivity contribution in [3.63, 3.8) is 0 Å². The number of rotatable bonds is 8. The molecule has 1 heterocycles. The fraction of sp³-hybridized carbons (Fsp3) is 0.429. The summed E-state index contributed by atoms with van der Waals surface area (Å²) in [7, 11) is 3.23. The number of nitrogens with one attached hydrogen (secondary N) is 2. The van der Waals surface area contributed by atoms with Crippen molar-refractivity contribution in [2.75, 3.05) is 32.7 Å². The van der Waals surface area contributed by atoms with Crippen LogP contribution in [0.5, 0.6) is 5.75 Å². The van der Waals surface area contributed by atoms with Gasteiger partial charge in [0, 0.05) is 30.7 Å². The number of amides is 2. The minimum absolute atomic E-state index is 0.125. The highest BCUT2D eigenvalue weighted by Gasteiger charge is 2.26. The molecule has 0 unspecified atom stereocenters. The summed E-state index contributed by atoms with van der Waals surface area (Å²) in [6.07, 6.45) is 4.78. The lowest BCUT2D eigenvalue weighted by Gasteiger charge is -2.13. The Morgan fingerprint density at radius 3 is 2.54 bits per heavy atom. The van der Waals surface area contributed by atoms with Crippen LogP contribution in [0.3, 0.4) is 0 Å². The van der Waals surface area contributed by atoms with Crippen LogP contribution in [0.4, 0.5) is 5.00 Å². The van der Waals surface area contributed by atoms with Gasteiger partial charge < -0.3 is 20.1 Å². The minimum Gasteiger partial charge on any atom is -0.497 e. The van der Waals surface area contributed by atoms with Gasteiger partial charge in [-0.25, -0.2) is 0 Å². The van der Waals surface area contributed by atoms with Crippen LogP contribution >= 0.6 is 11.3 Å². The Morgan fingerprint density at radius 2 is 1.82 bits per heavy atom. The molecule has 1 aliphatic carbocycles. The van der Waals surface area contributed by atoms with E-state index in [2.05, 4.69) is 10.6 Å². The molecule has 0 spiro atoms. The lowest BCUT2D eigenvalue weighted by Crippen LogP contribution is -2.27. The zero-order chi connectivity index (χ0) is 19.9. The first-order valence-electron chi connectivity index (χ1n) is 9.51. The van der Waals surface area contributed by atoms with E-state index in [-0.39, 0.29) is 11.8 Å². The molecular formula is C21H26N2O4S. The van der Waals surface area contributed by atoms with E-state index in [4.69, 9.17) is 9.47 Å². The summed E-state index contributed by atoms with van der Waals surface area (Å²) in [5.74, 6) is 0.342. The van der Waals surface area contributed by atoms with E-state index in [1.165, 1.54) is 16.2 Å². The number of anilines is 1. The molecule has 2 aromatic rings. The highest BCUT2D eigenvalue weighted by molar-refractivity contribution is 7.17. The van der Waals surface area contributed by atoms with Gasteiger partial charge >= 0.3 is 0 Å². The predicted octanol–water partition coefficient (Wildman–Crippen LogP) is 3.65. The maximum absolute atomic E-state index is 12.9. The van der Waals surface area contributed by atoms with Crippen molar-refractivity contribution < 1.29 is 19.1 Å². The van der Waals surface area contributed by atoms with Crippen molar-refractivity contribution in [3.05, 3.63) is 45.8 Å². The molecule has 0 saturated carbocycles. The highest BCUT2D eigenvalue weighted by atomic mass is 32.1. The monoisotopic (exact) mass is 402 g/mol. The van der Waals surface area contributed by atoms with Crippen LogP contribution in [-0.4, -0.2) is 39.2 Å². The van der Waals surface area contributed by atoms with Crippen LogP contribution in [0.25, 0.3) is 0 Å². The van der Waals surface area contributed by atoms with Crippen LogP contribution in [0.2, 0.25) is 0 Å². The molecule has 2 amide bonds. The lowest BCUT2D eigenvalue weighted by atomic mass is 9.95. The van der Waals surface area contributed by atoms with E-state index in [9.17, 15) is 9.59 Å². The Balaban J connectivity index is 1.80. The molecular weight excluding hydrogens is 376 g/mol. The second-order valence-corrected chi connectivity index (χ2v) is 7.81. The fourth-order valence-corrected chi connectivity index (χ4v) is 4.60. The van der Waals surface area contributed by atoms with Crippen LogP contribution in [0.1, 0.15) is 50.4 Å². The van der Waals surface area contributed by atoms with E-state index in [1.807, 2.05) is 0 Å².